The Balaban J connectivity index is 2.10. The molecule has 1 N–H and O–H groups in total. The van der Waals surface area contributed by atoms with E-state index in [2.05, 4.69) is 0 Å². The van der Waals surface area contributed by atoms with Crippen molar-refractivity contribution in [1.82, 2.24) is 0 Å². The van der Waals surface area contributed by atoms with E-state index in [1.54, 1.807) is 6.92 Å². The van der Waals surface area contributed by atoms with Gasteiger partial charge in [-0.3, -0.25) is 4.79 Å². The van der Waals surface area contributed by atoms with Crippen LogP contribution in [0.25, 0.3) is 0 Å². The van der Waals surface area contributed by atoms with Crippen molar-refractivity contribution in [3.05, 3.63) is 29.8 Å². The van der Waals surface area contributed by atoms with Gasteiger partial charge in [0.15, 0.2) is 0 Å². The molecule has 1 aromatic rings. The Bertz CT molecular complexity index is 463. The maximum Gasteiger partial charge on any atom is 0.306 e. The summed E-state index contributed by atoms with van der Waals surface area (Å²) in [5.41, 5.74) is 1.07. The molecule has 0 aromatic heterocycles. The number of carbonyl (C=O) groups is 1. The molecule has 3 nitrogen and oxygen atoms in total. The monoisotopic (exact) mass is 290 g/mol. The van der Waals surface area contributed by atoms with E-state index in [0.717, 1.165) is 30.6 Å². The highest BCUT2D eigenvalue weighted by Crippen LogP contribution is 2.31. The standard InChI is InChI=1S/C18H26O3/c1-3-17(13(2)18(19)20)14-8-7-11-16(12-14)21-15-9-5-4-6-10-15/h7-8,11-13,15,17H,3-6,9-10H2,1-2H3,(H,19,20)/t13-,17+/m1/s1. The summed E-state index contributed by atoms with van der Waals surface area (Å²) in [5.74, 6) is -0.187. The number of ether oxygens (including phenoxy) is 1. The van der Waals surface area contributed by atoms with E-state index < -0.39 is 5.97 Å². The van der Waals surface area contributed by atoms with Crippen molar-refractivity contribution in [2.75, 3.05) is 0 Å². The summed E-state index contributed by atoms with van der Waals surface area (Å²) in [7, 11) is 0. The van der Waals surface area contributed by atoms with Crippen molar-refractivity contribution in [2.24, 2.45) is 5.92 Å². The molecule has 0 aliphatic heterocycles. The predicted octanol–water partition coefficient (Wildman–Crippen LogP) is 4.61. The number of benzene rings is 1. The van der Waals surface area contributed by atoms with E-state index in [1.807, 2.05) is 31.2 Å². The number of carboxylic acid groups (broad SMARTS) is 1. The van der Waals surface area contributed by atoms with Gasteiger partial charge in [0.05, 0.1) is 12.0 Å². The van der Waals surface area contributed by atoms with Crippen LogP contribution in [-0.4, -0.2) is 17.2 Å². The van der Waals surface area contributed by atoms with E-state index in [-0.39, 0.29) is 11.8 Å². The normalized spacial score (nSPS) is 19.0. The molecule has 2 atom stereocenters. The van der Waals surface area contributed by atoms with Crippen LogP contribution in [0.5, 0.6) is 5.75 Å². The van der Waals surface area contributed by atoms with Crippen molar-refractivity contribution in [2.45, 2.75) is 64.4 Å². The Labute approximate surface area is 127 Å². The number of rotatable bonds is 6. The Morgan fingerprint density at radius 3 is 2.67 bits per heavy atom. The summed E-state index contributed by atoms with van der Waals surface area (Å²) in [6.45, 7) is 3.82. The topological polar surface area (TPSA) is 46.5 Å². The van der Waals surface area contributed by atoms with Gasteiger partial charge in [-0.05, 0) is 55.7 Å². The average molecular weight is 290 g/mol. The Hall–Kier alpha value is -1.51. The number of aliphatic carboxylic acids is 1. The van der Waals surface area contributed by atoms with E-state index in [9.17, 15) is 9.90 Å². The zero-order valence-electron chi connectivity index (χ0n) is 13.0. The van der Waals surface area contributed by atoms with E-state index in [0.29, 0.717) is 6.10 Å². The Morgan fingerprint density at radius 2 is 2.05 bits per heavy atom. The summed E-state index contributed by atoms with van der Waals surface area (Å²) < 4.78 is 6.08. The van der Waals surface area contributed by atoms with Crippen LogP contribution in [0.1, 0.15) is 63.9 Å². The van der Waals surface area contributed by atoms with Crippen LogP contribution < -0.4 is 4.74 Å². The van der Waals surface area contributed by atoms with Gasteiger partial charge in [-0.15, -0.1) is 0 Å². The van der Waals surface area contributed by atoms with Gasteiger partial charge in [0.1, 0.15) is 5.75 Å². The van der Waals surface area contributed by atoms with Gasteiger partial charge in [-0.1, -0.05) is 32.4 Å². The first-order valence-corrected chi connectivity index (χ1v) is 8.11. The SMILES string of the molecule is CC[C@H](c1cccc(OC2CCCCC2)c1)[C@@H](C)C(=O)O. The maximum atomic E-state index is 11.2. The molecule has 3 heteroatoms. The van der Waals surface area contributed by atoms with E-state index in [1.165, 1.54) is 19.3 Å². The third kappa shape index (κ3) is 4.23. The second-order valence-electron chi connectivity index (χ2n) is 6.09. The van der Waals surface area contributed by atoms with Gasteiger partial charge < -0.3 is 9.84 Å². The van der Waals surface area contributed by atoms with Crippen LogP contribution in [0, 0.1) is 5.92 Å². The van der Waals surface area contributed by atoms with Crippen LogP contribution in [0.4, 0.5) is 0 Å². The van der Waals surface area contributed by atoms with Crippen molar-refractivity contribution in [3.8, 4) is 5.75 Å². The lowest BCUT2D eigenvalue weighted by Crippen LogP contribution is -2.20. The van der Waals surface area contributed by atoms with E-state index >= 15 is 0 Å². The third-order valence-corrected chi connectivity index (χ3v) is 4.57. The molecular weight excluding hydrogens is 264 g/mol. The minimum atomic E-state index is -0.736. The zero-order valence-corrected chi connectivity index (χ0v) is 13.0. The highest BCUT2D eigenvalue weighted by Gasteiger charge is 2.24. The Kier molecular flexibility index (Phi) is 5.66. The molecule has 1 saturated carbocycles. The molecule has 0 heterocycles. The molecule has 0 unspecified atom stereocenters. The van der Waals surface area contributed by atoms with Gasteiger partial charge in [0, 0.05) is 0 Å². The molecule has 2 rings (SSSR count). The van der Waals surface area contributed by atoms with Crippen LogP contribution in [0.3, 0.4) is 0 Å². The molecule has 116 valence electrons. The first-order chi connectivity index (χ1) is 10.1. The van der Waals surface area contributed by atoms with Gasteiger partial charge in [-0.2, -0.15) is 0 Å². The maximum absolute atomic E-state index is 11.2. The fourth-order valence-electron chi connectivity index (χ4n) is 3.24. The lowest BCUT2D eigenvalue weighted by Gasteiger charge is -2.24. The van der Waals surface area contributed by atoms with Crippen LogP contribution in [0.15, 0.2) is 24.3 Å². The summed E-state index contributed by atoms with van der Waals surface area (Å²) in [6.07, 6.45) is 7.22. The third-order valence-electron chi connectivity index (χ3n) is 4.57. The molecule has 0 saturated heterocycles. The first-order valence-electron chi connectivity index (χ1n) is 8.11. The van der Waals surface area contributed by atoms with Crippen LogP contribution >= 0.6 is 0 Å². The Morgan fingerprint density at radius 1 is 1.33 bits per heavy atom. The first kappa shape index (κ1) is 15.9. The smallest absolute Gasteiger partial charge is 0.306 e. The number of hydrogen-bond acceptors (Lipinski definition) is 2. The summed E-state index contributed by atoms with van der Waals surface area (Å²) >= 11 is 0. The molecule has 21 heavy (non-hydrogen) atoms. The average Bonchev–Trinajstić information content (AvgIpc) is 2.49. The molecule has 0 amide bonds. The minimum Gasteiger partial charge on any atom is -0.490 e. The molecule has 1 aliphatic rings. The lowest BCUT2D eigenvalue weighted by atomic mass is 9.85. The predicted molar refractivity (Wildman–Crippen MR) is 83.8 cm³/mol. The second-order valence-corrected chi connectivity index (χ2v) is 6.09. The molecule has 1 aliphatic carbocycles. The molecular formula is C18H26O3. The second kappa shape index (κ2) is 7.48. The van der Waals surface area contributed by atoms with Crippen molar-refractivity contribution >= 4 is 5.97 Å². The molecule has 0 bridgehead atoms. The quantitative estimate of drug-likeness (QED) is 0.832. The van der Waals surface area contributed by atoms with Crippen molar-refractivity contribution < 1.29 is 14.6 Å². The highest BCUT2D eigenvalue weighted by molar-refractivity contribution is 5.71. The number of hydrogen-bond donors (Lipinski definition) is 1. The molecule has 0 radical (unpaired) electrons. The van der Waals surface area contributed by atoms with Gasteiger partial charge in [0.2, 0.25) is 0 Å². The molecule has 1 aromatic carbocycles. The molecule has 0 spiro atoms. The highest BCUT2D eigenvalue weighted by atomic mass is 16.5. The fraction of sp³-hybridized carbons (Fsp3) is 0.611. The van der Waals surface area contributed by atoms with Crippen molar-refractivity contribution in [1.29, 1.82) is 0 Å². The summed E-state index contributed by atoms with van der Waals surface area (Å²) in [6, 6.07) is 8.00. The van der Waals surface area contributed by atoms with Crippen LogP contribution in [-0.2, 0) is 4.79 Å². The van der Waals surface area contributed by atoms with Gasteiger partial charge >= 0.3 is 5.97 Å². The largest absolute Gasteiger partial charge is 0.490 e. The van der Waals surface area contributed by atoms with Gasteiger partial charge in [-0.25, -0.2) is 0 Å². The van der Waals surface area contributed by atoms with Crippen molar-refractivity contribution in [3.63, 3.8) is 0 Å². The fourth-order valence-corrected chi connectivity index (χ4v) is 3.24. The molecule has 1 fully saturated rings. The number of carboxylic acids is 1. The van der Waals surface area contributed by atoms with E-state index in [4.69, 9.17) is 4.74 Å². The zero-order chi connectivity index (χ0) is 15.2. The van der Waals surface area contributed by atoms with Crippen LogP contribution in [0.2, 0.25) is 0 Å². The lowest BCUT2D eigenvalue weighted by molar-refractivity contribution is -0.141. The summed E-state index contributed by atoms with van der Waals surface area (Å²) in [5, 5.41) is 9.24. The minimum absolute atomic E-state index is 0.0393. The van der Waals surface area contributed by atoms with Gasteiger partial charge in [0.25, 0.3) is 0 Å². The summed E-state index contributed by atoms with van der Waals surface area (Å²) in [4.78, 5) is 11.2.